The molecule has 1 saturated heterocycles. The SMILES string of the molecule is CCNN1C(=O)/C(=C\c2ccc(OC)c(OC)c2)SC1=S. The molecule has 0 aromatic heterocycles. The first kappa shape index (κ1) is 15.8. The Morgan fingerprint density at radius 1 is 1.33 bits per heavy atom. The number of thioether (sulfide) groups is 1. The van der Waals surface area contributed by atoms with Gasteiger partial charge < -0.3 is 9.47 Å². The van der Waals surface area contributed by atoms with Crippen LogP contribution in [-0.2, 0) is 4.79 Å². The van der Waals surface area contributed by atoms with Crippen molar-refractivity contribution in [3.05, 3.63) is 28.7 Å². The molecular weight excluding hydrogens is 308 g/mol. The number of thiocarbonyl (C=S) groups is 1. The van der Waals surface area contributed by atoms with Gasteiger partial charge >= 0.3 is 0 Å². The summed E-state index contributed by atoms with van der Waals surface area (Å²) in [6, 6.07) is 5.48. The number of hydrazine groups is 1. The molecule has 0 aliphatic carbocycles. The second-order valence-corrected chi connectivity index (χ2v) is 5.82. The van der Waals surface area contributed by atoms with Gasteiger partial charge in [-0.25, -0.2) is 10.4 Å². The van der Waals surface area contributed by atoms with Gasteiger partial charge in [0.2, 0.25) is 0 Å². The van der Waals surface area contributed by atoms with Gasteiger partial charge in [-0.2, -0.15) is 0 Å². The van der Waals surface area contributed by atoms with Crippen molar-refractivity contribution in [1.29, 1.82) is 0 Å². The first-order valence-electron chi connectivity index (χ1n) is 6.34. The number of hydrogen-bond acceptors (Lipinski definition) is 6. The second kappa shape index (κ2) is 6.93. The minimum atomic E-state index is -0.137. The highest BCUT2D eigenvalue weighted by Gasteiger charge is 2.31. The van der Waals surface area contributed by atoms with Crippen LogP contribution in [0.3, 0.4) is 0 Å². The zero-order valence-corrected chi connectivity index (χ0v) is 13.6. The lowest BCUT2D eigenvalue weighted by molar-refractivity contribution is -0.124. The Morgan fingerprint density at radius 3 is 2.67 bits per heavy atom. The molecule has 0 atom stereocenters. The predicted octanol–water partition coefficient (Wildman–Crippen LogP) is 2.43. The Balaban J connectivity index is 2.28. The molecule has 1 N–H and O–H groups in total. The van der Waals surface area contributed by atoms with Crippen LogP contribution in [0.4, 0.5) is 0 Å². The summed E-state index contributed by atoms with van der Waals surface area (Å²) in [5, 5.41) is 1.40. The molecule has 21 heavy (non-hydrogen) atoms. The van der Waals surface area contributed by atoms with Crippen LogP contribution in [0.5, 0.6) is 11.5 Å². The van der Waals surface area contributed by atoms with Crippen molar-refractivity contribution < 1.29 is 14.3 Å². The van der Waals surface area contributed by atoms with E-state index in [1.54, 1.807) is 26.4 Å². The standard InChI is InChI=1S/C14H16N2O3S2/c1-4-15-16-13(17)12(21-14(16)20)8-9-5-6-10(18-2)11(7-9)19-3/h5-8,15H,4H2,1-3H3/b12-8+. The third-order valence-electron chi connectivity index (χ3n) is 2.82. The molecule has 1 heterocycles. The van der Waals surface area contributed by atoms with Crippen molar-refractivity contribution in [2.45, 2.75) is 6.92 Å². The van der Waals surface area contributed by atoms with Crippen molar-refractivity contribution in [2.75, 3.05) is 20.8 Å². The van der Waals surface area contributed by atoms with Crippen molar-refractivity contribution in [1.82, 2.24) is 10.4 Å². The van der Waals surface area contributed by atoms with E-state index in [0.717, 1.165) is 5.56 Å². The van der Waals surface area contributed by atoms with E-state index in [1.165, 1.54) is 16.8 Å². The van der Waals surface area contributed by atoms with Crippen LogP contribution in [0.15, 0.2) is 23.1 Å². The first-order valence-corrected chi connectivity index (χ1v) is 7.56. The number of methoxy groups -OCH3 is 2. The van der Waals surface area contributed by atoms with E-state index in [4.69, 9.17) is 21.7 Å². The molecule has 0 spiro atoms. The number of amides is 1. The Bertz CT molecular complexity index is 602. The highest BCUT2D eigenvalue weighted by molar-refractivity contribution is 8.26. The highest BCUT2D eigenvalue weighted by Crippen LogP contribution is 2.33. The number of rotatable bonds is 5. The fourth-order valence-corrected chi connectivity index (χ4v) is 3.07. The van der Waals surface area contributed by atoms with Crippen molar-refractivity contribution in [2.24, 2.45) is 0 Å². The smallest absolute Gasteiger partial charge is 0.280 e. The van der Waals surface area contributed by atoms with Crippen LogP contribution in [0.2, 0.25) is 0 Å². The predicted molar refractivity (Wildman–Crippen MR) is 88.2 cm³/mol. The summed E-state index contributed by atoms with van der Waals surface area (Å²) in [5.41, 5.74) is 3.79. The number of ether oxygens (including phenoxy) is 2. The van der Waals surface area contributed by atoms with Gasteiger partial charge in [-0.1, -0.05) is 37.0 Å². The lowest BCUT2D eigenvalue weighted by Gasteiger charge is -2.13. The van der Waals surface area contributed by atoms with Crippen molar-refractivity contribution in [3.63, 3.8) is 0 Å². The van der Waals surface area contributed by atoms with E-state index in [1.807, 2.05) is 19.1 Å². The zero-order chi connectivity index (χ0) is 15.4. The molecule has 7 heteroatoms. The largest absolute Gasteiger partial charge is 0.493 e. The molecule has 1 aliphatic heterocycles. The summed E-state index contributed by atoms with van der Waals surface area (Å²) in [7, 11) is 3.16. The summed E-state index contributed by atoms with van der Waals surface area (Å²) in [6.07, 6.45) is 1.79. The molecule has 1 amide bonds. The number of carbonyl (C=O) groups is 1. The maximum Gasteiger partial charge on any atom is 0.280 e. The lowest BCUT2D eigenvalue weighted by Crippen LogP contribution is -2.40. The van der Waals surface area contributed by atoms with Crippen molar-refractivity contribution >= 4 is 40.3 Å². The molecule has 5 nitrogen and oxygen atoms in total. The molecule has 2 rings (SSSR count). The highest BCUT2D eigenvalue weighted by atomic mass is 32.2. The maximum absolute atomic E-state index is 12.2. The van der Waals surface area contributed by atoms with Crippen LogP contribution in [0.25, 0.3) is 6.08 Å². The van der Waals surface area contributed by atoms with Crippen LogP contribution in [-0.4, -0.2) is 36.0 Å². The van der Waals surface area contributed by atoms with Gasteiger partial charge in [0.25, 0.3) is 5.91 Å². The second-order valence-electron chi connectivity index (χ2n) is 4.14. The Labute approximate surface area is 133 Å². The molecule has 1 aliphatic rings. The number of hydrogen-bond donors (Lipinski definition) is 1. The number of carbonyl (C=O) groups excluding carboxylic acids is 1. The molecule has 0 bridgehead atoms. The maximum atomic E-state index is 12.2. The molecule has 0 saturated carbocycles. The normalized spacial score (nSPS) is 16.7. The minimum Gasteiger partial charge on any atom is -0.493 e. The van der Waals surface area contributed by atoms with Crippen LogP contribution in [0.1, 0.15) is 12.5 Å². The molecule has 112 valence electrons. The Morgan fingerprint density at radius 2 is 2.05 bits per heavy atom. The first-order chi connectivity index (χ1) is 10.1. The lowest BCUT2D eigenvalue weighted by atomic mass is 10.2. The fourth-order valence-electron chi connectivity index (χ4n) is 1.86. The number of nitrogens with zero attached hydrogens (tertiary/aromatic N) is 1. The average molecular weight is 324 g/mol. The molecule has 1 aromatic rings. The Kier molecular flexibility index (Phi) is 5.22. The van der Waals surface area contributed by atoms with Crippen molar-refractivity contribution in [3.8, 4) is 11.5 Å². The average Bonchev–Trinajstić information content (AvgIpc) is 2.75. The van der Waals surface area contributed by atoms with Gasteiger partial charge in [-0.15, -0.1) is 0 Å². The number of nitrogens with one attached hydrogen (secondary N) is 1. The zero-order valence-electron chi connectivity index (χ0n) is 12.0. The summed E-state index contributed by atoms with van der Waals surface area (Å²) in [5.74, 6) is 1.13. The third kappa shape index (κ3) is 3.37. The summed E-state index contributed by atoms with van der Waals surface area (Å²) in [6.45, 7) is 2.55. The van der Waals surface area contributed by atoms with Crippen LogP contribution >= 0.6 is 24.0 Å². The summed E-state index contributed by atoms with van der Waals surface area (Å²) >= 11 is 6.46. The third-order valence-corrected chi connectivity index (χ3v) is 4.12. The quantitative estimate of drug-likeness (QED) is 0.663. The molecular formula is C14H16N2O3S2. The topological polar surface area (TPSA) is 50.8 Å². The fraction of sp³-hybridized carbons (Fsp3) is 0.286. The summed E-state index contributed by atoms with van der Waals surface area (Å²) in [4.78, 5) is 12.8. The van der Waals surface area contributed by atoms with Gasteiger partial charge in [0.15, 0.2) is 15.8 Å². The van der Waals surface area contributed by atoms with Gasteiger partial charge in [0.1, 0.15) is 0 Å². The molecule has 1 aromatic carbocycles. The van der Waals surface area contributed by atoms with Gasteiger partial charge in [-0.3, -0.25) is 4.79 Å². The van der Waals surface area contributed by atoms with Gasteiger partial charge in [0.05, 0.1) is 19.1 Å². The van der Waals surface area contributed by atoms with Crippen LogP contribution in [0, 0.1) is 0 Å². The van der Waals surface area contributed by atoms with E-state index in [2.05, 4.69) is 5.43 Å². The van der Waals surface area contributed by atoms with Gasteiger partial charge in [0, 0.05) is 6.54 Å². The molecule has 0 radical (unpaired) electrons. The van der Waals surface area contributed by atoms with E-state index in [9.17, 15) is 4.79 Å². The number of benzene rings is 1. The molecule has 0 unspecified atom stereocenters. The van der Waals surface area contributed by atoms with Crippen LogP contribution < -0.4 is 14.9 Å². The van der Waals surface area contributed by atoms with E-state index < -0.39 is 0 Å². The summed E-state index contributed by atoms with van der Waals surface area (Å²) < 4.78 is 11.0. The monoisotopic (exact) mass is 324 g/mol. The minimum absolute atomic E-state index is 0.137. The van der Waals surface area contributed by atoms with Gasteiger partial charge in [-0.05, 0) is 23.8 Å². The Hall–Kier alpha value is -1.57. The van der Waals surface area contributed by atoms with E-state index in [-0.39, 0.29) is 5.91 Å². The molecule has 1 fully saturated rings. The van der Waals surface area contributed by atoms with E-state index >= 15 is 0 Å². The van der Waals surface area contributed by atoms with E-state index in [0.29, 0.717) is 27.3 Å².